The molecule has 1 atom stereocenters. The van der Waals surface area contributed by atoms with Crippen molar-refractivity contribution in [3.05, 3.63) is 24.3 Å². The predicted octanol–water partition coefficient (Wildman–Crippen LogP) is 1.61. The second kappa shape index (κ2) is 7.35. The third-order valence-corrected chi connectivity index (χ3v) is 4.14. The van der Waals surface area contributed by atoms with E-state index < -0.39 is 10.0 Å². The van der Waals surface area contributed by atoms with Crippen molar-refractivity contribution in [2.75, 3.05) is 24.6 Å². The average molecular weight is 286 g/mol. The Balaban J connectivity index is 2.35. The van der Waals surface area contributed by atoms with Crippen LogP contribution in [0, 0.1) is 5.92 Å². The van der Waals surface area contributed by atoms with Crippen LogP contribution in [0.15, 0.2) is 24.3 Å². The third-order valence-electron chi connectivity index (χ3n) is 2.83. The molecule has 19 heavy (non-hydrogen) atoms. The third kappa shape index (κ3) is 6.45. The summed E-state index contributed by atoms with van der Waals surface area (Å²) in [7, 11) is -3.27. The maximum absolute atomic E-state index is 11.7. The highest BCUT2D eigenvalue weighted by molar-refractivity contribution is 7.89. The molecule has 6 heteroatoms. The Morgan fingerprint density at radius 2 is 2.16 bits per heavy atom. The van der Waals surface area contributed by atoms with Gasteiger partial charge in [-0.05, 0) is 18.1 Å². The number of sulfonamides is 1. The van der Waals surface area contributed by atoms with Crippen LogP contribution in [-0.2, 0) is 10.0 Å². The summed E-state index contributed by atoms with van der Waals surface area (Å²) in [5.41, 5.74) is 6.19. The van der Waals surface area contributed by atoms with Gasteiger partial charge >= 0.3 is 0 Å². The van der Waals surface area contributed by atoms with Crippen LogP contribution in [-0.4, -0.2) is 27.3 Å². The number of ether oxygens (including phenoxy) is 1. The Morgan fingerprint density at radius 3 is 2.79 bits per heavy atom. The maximum Gasteiger partial charge on any atom is 0.214 e. The minimum absolute atomic E-state index is 0.0573. The molecule has 0 aliphatic heterocycles. The number of nitrogen functional groups attached to an aromatic ring is 1. The summed E-state index contributed by atoms with van der Waals surface area (Å²) in [5.74, 6) is 0.861. The molecule has 5 nitrogen and oxygen atoms in total. The average Bonchev–Trinajstić information content (AvgIpc) is 2.36. The van der Waals surface area contributed by atoms with E-state index in [1.54, 1.807) is 24.3 Å². The summed E-state index contributed by atoms with van der Waals surface area (Å²) < 4.78 is 31.3. The van der Waals surface area contributed by atoms with Crippen LogP contribution in [0.4, 0.5) is 5.69 Å². The van der Waals surface area contributed by atoms with Gasteiger partial charge in [0.2, 0.25) is 10.0 Å². The minimum atomic E-state index is -3.27. The lowest BCUT2D eigenvalue weighted by atomic mass is 10.1. The number of rotatable bonds is 8. The van der Waals surface area contributed by atoms with Crippen molar-refractivity contribution < 1.29 is 13.2 Å². The standard InChI is InChI=1S/C13H22N2O3S/c1-3-11(2)10-15-19(16,17)8-7-18-13-6-4-5-12(14)9-13/h4-6,9,11,15H,3,7-8,10,14H2,1-2H3. The fourth-order valence-corrected chi connectivity index (χ4v) is 2.34. The fourth-order valence-electron chi connectivity index (χ4n) is 1.36. The van der Waals surface area contributed by atoms with Crippen molar-refractivity contribution >= 4 is 15.7 Å². The molecule has 0 aliphatic rings. The molecule has 0 radical (unpaired) electrons. The van der Waals surface area contributed by atoms with Crippen LogP contribution in [0.3, 0.4) is 0 Å². The molecular weight excluding hydrogens is 264 g/mol. The van der Waals surface area contributed by atoms with E-state index in [2.05, 4.69) is 4.72 Å². The van der Waals surface area contributed by atoms with Crippen LogP contribution in [0.5, 0.6) is 5.75 Å². The van der Waals surface area contributed by atoms with Crippen molar-refractivity contribution in [3.63, 3.8) is 0 Å². The Morgan fingerprint density at radius 1 is 1.42 bits per heavy atom. The first-order chi connectivity index (χ1) is 8.93. The zero-order chi connectivity index (χ0) is 14.3. The lowest BCUT2D eigenvalue weighted by Gasteiger charge is -2.11. The molecule has 3 N–H and O–H groups in total. The van der Waals surface area contributed by atoms with Crippen molar-refractivity contribution in [2.24, 2.45) is 5.92 Å². The number of anilines is 1. The molecular formula is C13H22N2O3S. The molecule has 0 spiro atoms. The Bertz CT molecular complexity index is 488. The number of nitrogens with two attached hydrogens (primary N) is 1. The highest BCUT2D eigenvalue weighted by atomic mass is 32.2. The summed E-state index contributed by atoms with van der Waals surface area (Å²) in [5, 5.41) is 0. The molecule has 0 aromatic heterocycles. The lowest BCUT2D eigenvalue weighted by Crippen LogP contribution is -2.32. The Hall–Kier alpha value is -1.27. The molecule has 1 rings (SSSR count). The second-order valence-corrected chi connectivity index (χ2v) is 6.53. The highest BCUT2D eigenvalue weighted by Gasteiger charge is 2.11. The summed E-state index contributed by atoms with van der Waals surface area (Å²) in [6.45, 7) is 4.62. The van der Waals surface area contributed by atoms with Crippen molar-refractivity contribution in [2.45, 2.75) is 20.3 Å². The quantitative estimate of drug-likeness (QED) is 0.711. The van der Waals surface area contributed by atoms with E-state index in [9.17, 15) is 8.42 Å². The van der Waals surface area contributed by atoms with E-state index in [1.165, 1.54) is 0 Å². The van der Waals surface area contributed by atoms with Crippen LogP contribution in [0.2, 0.25) is 0 Å². The summed E-state index contributed by atoms with van der Waals surface area (Å²) >= 11 is 0. The van der Waals surface area contributed by atoms with Gasteiger partial charge in [0.05, 0.1) is 5.75 Å². The topological polar surface area (TPSA) is 81.4 Å². The van der Waals surface area contributed by atoms with E-state index in [1.807, 2.05) is 13.8 Å². The molecule has 1 aromatic rings. The lowest BCUT2D eigenvalue weighted by molar-refractivity contribution is 0.340. The monoisotopic (exact) mass is 286 g/mol. The van der Waals surface area contributed by atoms with Crippen LogP contribution in [0.25, 0.3) is 0 Å². The molecule has 1 unspecified atom stereocenters. The number of hydrogen-bond donors (Lipinski definition) is 2. The molecule has 0 saturated heterocycles. The Kier molecular flexibility index (Phi) is 6.11. The van der Waals surface area contributed by atoms with Crippen LogP contribution < -0.4 is 15.2 Å². The van der Waals surface area contributed by atoms with Gasteiger partial charge in [0, 0.05) is 18.3 Å². The van der Waals surface area contributed by atoms with E-state index >= 15 is 0 Å². The minimum Gasteiger partial charge on any atom is -0.492 e. The zero-order valence-electron chi connectivity index (χ0n) is 11.4. The van der Waals surface area contributed by atoms with Gasteiger partial charge in [0.15, 0.2) is 0 Å². The molecule has 0 heterocycles. The molecule has 0 bridgehead atoms. The van der Waals surface area contributed by atoms with Gasteiger partial charge < -0.3 is 10.5 Å². The Labute approximate surface area is 115 Å². The van der Waals surface area contributed by atoms with Gasteiger partial charge in [-0.2, -0.15) is 0 Å². The van der Waals surface area contributed by atoms with E-state index in [4.69, 9.17) is 10.5 Å². The van der Waals surface area contributed by atoms with E-state index in [-0.39, 0.29) is 12.4 Å². The second-order valence-electron chi connectivity index (χ2n) is 4.60. The van der Waals surface area contributed by atoms with E-state index in [0.717, 1.165) is 6.42 Å². The van der Waals surface area contributed by atoms with Crippen LogP contribution >= 0.6 is 0 Å². The normalized spacial score (nSPS) is 13.2. The van der Waals surface area contributed by atoms with E-state index in [0.29, 0.717) is 23.9 Å². The molecule has 0 amide bonds. The van der Waals surface area contributed by atoms with Gasteiger partial charge in [-0.25, -0.2) is 13.1 Å². The van der Waals surface area contributed by atoms with Gasteiger partial charge in [0.1, 0.15) is 12.4 Å². The SMILES string of the molecule is CCC(C)CNS(=O)(=O)CCOc1cccc(N)c1. The van der Waals surface area contributed by atoms with Gasteiger partial charge in [0.25, 0.3) is 0 Å². The maximum atomic E-state index is 11.7. The van der Waals surface area contributed by atoms with Gasteiger partial charge in [-0.15, -0.1) is 0 Å². The first-order valence-electron chi connectivity index (χ1n) is 6.38. The predicted molar refractivity (Wildman–Crippen MR) is 77.6 cm³/mol. The highest BCUT2D eigenvalue weighted by Crippen LogP contribution is 2.14. The number of hydrogen-bond acceptors (Lipinski definition) is 4. The summed E-state index contributed by atoms with van der Waals surface area (Å²) in [6, 6.07) is 6.92. The fraction of sp³-hybridized carbons (Fsp3) is 0.538. The molecule has 108 valence electrons. The molecule has 0 fully saturated rings. The molecule has 0 saturated carbocycles. The molecule has 0 aliphatic carbocycles. The zero-order valence-corrected chi connectivity index (χ0v) is 12.2. The van der Waals surface area contributed by atoms with Gasteiger partial charge in [-0.3, -0.25) is 0 Å². The first-order valence-corrected chi connectivity index (χ1v) is 8.04. The summed E-state index contributed by atoms with van der Waals surface area (Å²) in [6.07, 6.45) is 0.947. The number of benzene rings is 1. The number of nitrogens with one attached hydrogen (secondary N) is 1. The van der Waals surface area contributed by atoms with Crippen molar-refractivity contribution in [1.82, 2.24) is 4.72 Å². The van der Waals surface area contributed by atoms with Gasteiger partial charge in [-0.1, -0.05) is 26.3 Å². The molecule has 1 aromatic carbocycles. The van der Waals surface area contributed by atoms with Crippen molar-refractivity contribution in [3.8, 4) is 5.75 Å². The largest absolute Gasteiger partial charge is 0.492 e. The smallest absolute Gasteiger partial charge is 0.214 e. The van der Waals surface area contributed by atoms with Crippen molar-refractivity contribution in [1.29, 1.82) is 0 Å². The first kappa shape index (κ1) is 15.8. The van der Waals surface area contributed by atoms with Crippen LogP contribution in [0.1, 0.15) is 20.3 Å². The summed E-state index contributed by atoms with van der Waals surface area (Å²) in [4.78, 5) is 0.